The predicted octanol–water partition coefficient (Wildman–Crippen LogP) is 3.27. The maximum absolute atomic E-state index is 12.2. The van der Waals surface area contributed by atoms with Crippen LogP contribution >= 0.6 is 0 Å². The van der Waals surface area contributed by atoms with Gasteiger partial charge < -0.3 is 14.2 Å². The molecular formula is C17H26O5. The van der Waals surface area contributed by atoms with Crippen LogP contribution in [0.5, 0.6) is 0 Å². The highest BCUT2D eigenvalue weighted by molar-refractivity contribution is 5.87. The maximum atomic E-state index is 12.2. The van der Waals surface area contributed by atoms with Crippen molar-refractivity contribution in [1.29, 1.82) is 0 Å². The average molecular weight is 310 g/mol. The van der Waals surface area contributed by atoms with Gasteiger partial charge in [-0.05, 0) is 71.8 Å². The van der Waals surface area contributed by atoms with Crippen LogP contribution in [0.15, 0.2) is 12.3 Å². The number of esters is 2. The molecule has 2 aliphatic rings. The van der Waals surface area contributed by atoms with Gasteiger partial charge >= 0.3 is 11.9 Å². The summed E-state index contributed by atoms with van der Waals surface area (Å²) in [6.45, 7) is 6.75. The predicted molar refractivity (Wildman–Crippen MR) is 81.0 cm³/mol. The lowest BCUT2D eigenvalue weighted by Crippen LogP contribution is -2.39. The smallest absolute Gasteiger partial charge is 0.373 e. The zero-order chi connectivity index (χ0) is 16.2. The van der Waals surface area contributed by atoms with E-state index in [9.17, 15) is 9.59 Å². The molecule has 0 spiro atoms. The number of carbonyl (C=O) groups is 2. The highest BCUT2D eigenvalue weighted by Crippen LogP contribution is 2.26. The van der Waals surface area contributed by atoms with Crippen molar-refractivity contribution in [1.82, 2.24) is 0 Å². The van der Waals surface area contributed by atoms with Crippen LogP contribution in [0.4, 0.5) is 0 Å². The van der Waals surface area contributed by atoms with Gasteiger partial charge in [0, 0.05) is 0 Å². The molecule has 2 saturated carbocycles. The Labute approximate surface area is 132 Å². The molecule has 2 rings (SSSR count). The lowest BCUT2D eigenvalue weighted by molar-refractivity contribution is -0.172. The molecule has 0 aromatic carbocycles. The molecule has 0 saturated heterocycles. The molecule has 0 N–H and O–H groups in total. The molecule has 0 amide bonds. The number of carbonyl (C=O) groups excluding carboxylic acids is 2. The van der Waals surface area contributed by atoms with Crippen molar-refractivity contribution in [2.24, 2.45) is 0 Å². The van der Waals surface area contributed by atoms with E-state index < -0.39 is 17.5 Å². The van der Waals surface area contributed by atoms with E-state index >= 15 is 0 Å². The van der Waals surface area contributed by atoms with Crippen LogP contribution < -0.4 is 0 Å². The fraction of sp³-hybridized carbons (Fsp3) is 0.765. The first-order valence-corrected chi connectivity index (χ1v) is 8.18. The van der Waals surface area contributed by atoms with Crippen LogP contribution in [0.1, 0.15) is 65.2 Å². The first kappa shape index (κ1) is 16.8. The van der Waals surface area contributed by atoms with E-state index in [1.807, 2.05) is 0 Å². The van der Waals surface area contributed by atoms with Crippen molar-refractivity contribution >= 4 is 11.9 Å². The third kappa shape index (κ3) is 4.49. The Morgan fingerprint density at radius 3 is 1.86 bits per heavy atom. The first-order chi connectivity index (χ1) is 10.4. The number of ether oxygens (including phenoxy) is 3. The summed E-state index contributed by atoms with van der Waals surface area (Å²) in [5.41, 5.74) is -1.24. The number of rotatable bonds is 6. The molecule has 22 heavy (non-hydrogen) atoms. The van der Waals surface area contributed by atoms with E-state index in [-0.39, 0.29) is 18.0 Å². The Morgan fingerprint density at radius 2 is 1.36 bits per heavy atom. The standard InChI is InChI=1S/C17H26O5/c1-12(15(18)20-13-8-4-5-9-13)22-17(2,3)16(19)21-14-10-6-7-11-14/h13-14H,1,4-11H2,2-3H3. The van der Waals surface area contributed by atoms with E-state index in [1.54, 1.807) is 13.8 Å². The maximum Gasteiger partial charge on any atom is 0.373 e. The molecule has 5 nitrogen and oxygen atoms in total. The van der Waals surface area contributed by atoms with Gasteiger partial charge in [0.05, 0.1) is 0 Å². The first-order valence-electron chi connectivity index (χ1n) is 8.18. The van der Waals surface area contributed by atoms with Gasteiger partial charge in [-0.1, -0.05) is 0 Å². The molecular weight excluding hydrogens is 284 g/mol. The molecule has 0 aromatic rings. The SMILES string of the molecule is C=C(OC(C)(C)C(=O)OC1CCCC1)C(=O)OC1CCCC1. The molecule has 0 aromatic heterocycles. The van der Waals surface area contributed by atoms with Gasteiger partial charge in [0.1, 0.15) is 12.2 Å². The van der Waals surface area contributed by atoms with Crippen LogP contribution in [0, 0.1) is 0 Å². The monoisotopic (exact) mass is 310 g/mol. The van der Waals surface area contributed by atoms with Gasteiger partial charge in [-0.2, -0.15) is 0 Å². The second-order valence-electron chi connectivity index (χ2n) is 6.66. The van der Waals surface area contributed by atoms with Gasteiger partial charge in [-0.25, -0.2) is 9.59 Å². The van der Waals surface area contributed by atoms with E-state index in [1.165, 1.54) is 0 Å². The van der Waals surface area contributed by atoms with Gasteiger partial charge in [0.25, 0.3) is 0 Å². The summed E-state index contributed by atoms with van der Waals surface area (Å²) in [6, 6.07) is 0. The van der Waals surface area contributed by atoms with Crippen LogP contribution in [0.3, 0.4) is 0 Å². The molecule has 2 fully saturated rings. The lowest BCUT2D eigenvalue weighted by Gasteiger charge is -2.26. The third-order valence-electron chi connectivity index (χ3n) is 4.25. The zero-order valence-corrected chi connectivity index (χ0v) is 13.6. The molecule has 0 radical (unpaired) electrons. The molecule has 0 aliphatic heterocycles. The second kappa shape index (κ2) is 7.16. The summed E-state index contributed by atoms with van der Waals surface area (Å²) in [7, 11) is 0. The van der Waals surface area contributed by atoms with Crippen molar-refractivity contribution in [2.75, 3.05) is 0 Å². The summed E-state index contributed by atoms with van der Waals surface area (Å²) in [5, 5.41) is 0. The largest absolute Gasteiger partial charge is 0.469 e. The Hall–Kier alpha value is -1.52. The van der Waals surface area contributed by atoms with Crippen molar-refractivity contribution in [3.8, 4) is 0 Å². The van der Waals surface area contributed by atoms with Crippen molar-refractivity contribution < 1.29 is 23.8 Å². The summed E-state index contributed by atoms with van der Waals surface area (Å²) >= 11 is 0. The highest BCUT2D eigenvalue weighted by Gasteiger charge is 2.36. The van der Waals surface area contributed by atoms with E-state index in [4.69, 9.17) is 14.2 Å². The van der Waals surface area contributed by atoms with Crippen molar-refractivity contribution in [3.05, 3.63) is 12.3 Å². The van der Waals surface area contributed by atoms with E-state index in [0.717, 1.165) is 51.4 Å². The molecule has 0 heterocycles. The highest BCUT2D eigenvalue weighted by atomic mass is 16.6. The van der Waals surface area contributed by atoms with Crippen LogP contribution in [-0.2, 0) is 23.8 Å². The Balaban J connectivity index is 1.81. The lowest BCUT2D eigenvalue weighted by atomic mass is 10.1. The van der Waals surface area contributed by atoms with Crippen LogP contribution in [-0.4, -0.2) is 29.7 Å². The van der Waals surface area contributed by atoms with Gasteiger partial charge in [0.15, 0.2) is 5.76 Å². The fourth-order valence-corrected chi connectivity index (χ4v) is 2.91. The Kier molecular flexibility index (Phi) is 5.48. The topological polar surface area (TPSA) is 61.8 Å². The Morgan fingerprint density at radius 1 is 0.909 bits per heavy atom. The normalized spacial score (nSPS) is 19.9. The van der Waals surface area contributed by atoms with E-state index in [2.05, 4.69) is 6.58 Å². The van der Waals surface area contributed by atoms with Crippen molar-refractivity contribution in [3.63, 3.8) is 0 Å². The van der Waals surface area contributed by atoms with Crippen molar-refractivity contribution in [2.45, 2.75) is 83.0 Å². The summed E-state index contributed by atoms with van der Waals surface area (Å²) < 4.78 is 16.2. The molecule has 0 unspecified atom stereocenters. The van der Waals surface area contributed by atoms with Gasteiger partial charge in [0.2, 0.25) is 5.60 Å². The average Bonchev–Trinajstić information content (AvgIpc) is 3.11. The minimum Gasteiger partial charge on any atom is -0.469 e. The van der Waals surface area contributed by atoms with Gasteiger partial charge in [-0.3, -0.25) is 0 Å². The Bertz CT molecular complexity index is 428. The molecule has 0 bridgehead atoms. The third-order valence-corrected chi connectivity index (χ3v) is 4.25. The minimum atomic E-state index is -1.24. The zero-order valence-electron chi connectivity index (χ0n) is 13.6. The number of hydrogen-bond donors (Lipinski definition) is 0. The summed E-state index contributed by atoms with van der Waals surface area (Å²) in [5.74, 6) is -1.19. The molecule has 2 aliphatic carbocycles. The fourth-order valence-electron chi connectivity index (χ4n) is 2.91. The summed E-state index contributed by atoms with van der Waals surface area (Å²) in [4.78, 5) is 24.1. The number of hydrogen-bond acceptors (Lipinski definition) is 5. The molecule has 124 valence electrons. The second-order valence-corrected chi connectivity index (χ2v) is 6.66. The minimum absolute atomic E-state index is 0.0333. The van der Waals surface area contributed by atoms with Crippen LogP contribution in [0.2, 0.25) is 0 Å². The van der Waals surface area contributed by atoms with Crippen LogP contribution in [0.25, 0.3) is 0 Å². The summed E-state index contributed by atoms with van der Waals surface area (Å²) in [6.07, 6.45) is 7.78. The van der Waals surface area contributed by atoms with E-state index in [0.29, 0.717) is 0 Å². The quantitative estimate of drug-likeness (QED) is 0.428. The van der Waals surface area contributed by atoms with Gasteiger partial charge in [-0.15, -0.1) is 0 Å². The molecule has 0 atom stereocenters. The molecule has 5 heteroatoms.